The first-order valence-electron chi connectivity index (χ1n) is 5.90. The third kappa shape index (κ3) is 1.87. The molecular formula is C15H12N2O2. The summed E-state index contributed by atoms with van der Waals surface area (Å²) in [4.78, 5) is 15.5. The van der Waals surface area contributed by atoms with Crippen molar-refractivity contribution in [1.29, 1.82) is 0 Å². The molecule has 1 aromatic carbocycles. The van der Waals surface area contributed by atoms with Crippen LogP contribution in [0.15, 0.2) is 48.7 Å². The number of aromatic nitrogens is 2. The Morgan fingerprint density at radius 3 is 2.63 bits per heavy atom. The molecule has 0 amide bonds. The highest BCUT2D eigenvalue weighted by Gasteiger charge is 2.12. The number of methoxy groups -OCH3 is 1. The first-order valence-corrected chi connectivity index (χ1v) is 5.90. The maximum Gasteiger partial charge on any atom is 0.170 e. The van der Waals surface area contributed by atoms with Crippen molar-refractivity contribution < 1.29 is 9.53 Å². The smallest absolute Gasteiger partial charge is 0.170 e. The van der Waals surface area contributed by atoms with Gasteiger partial charge in [0, 0.05) is 5.56 Å². The molecule has 3 rings (SSSR count). The lowest BCUT2D eigenvalue weighted by molar-refractivity contribution is 0.112. The minimum Gasteiger partial charge on any atom is -0.495 e. The number of hydrogen-bond acceptors (Lipinski definition) is 3. The topological polar surface area (TPSA) is 43.6 Å². The van der Waals surface area contributed by atoms with Crippen LogP contribution >= 0.6 is 0 Å². The number of carbonyl (C=O) groups is 1. The van der Waals surface area contributed by atoms with E-state index < -0.39 is 0 Å². The molecule has 0 unspecified atom stereocenters. The normalized spacial score (nSPS) is 10.6. The Bertz CT molecular complexity index is 732. The Balaban J connectivity index is 2.32. The van der Waals surface area contributed by atoms with Crippen LogP contribution in [-0.4, -0.2) is 22.8 Å². The summed E-state index contributed by atoms with van der Waals surface area (Å²) in [5.74, 6) is 1.45. The zero-order valence-electron chi connectivity index (χ0n) is 10.4. The molecule has 0 spiro atoms. The molecule has 3 aromatic rings. The van der Waals surface area contributed by atoms with Crippen molar-refractivity contribution in [2.24, 2.45) is 0 Å². The lowest BCUT2D eigenvalue weighted by Gasteiger charge is -2.04. The minimum absolute atomic E-state index is 0.432. The van der Waals surface area contributed by atoms with Crippen LogP contribution in [0.25, 0.3) is 16.9 Å². The predicted molar refractivity (Wildman–Crippen MR) is 72.6 cm³/mol. The molecule has 4 heteroatoms. The number of pyridine rings is 1. The molecule has 0 N–H and O–H groups in total. The number of imidazole rings is 1. The van der Waals surface area contributed by atoms with E-state index in [1.807, 2.05) is 53.1 Å². The fourth-order valence-corrected chi connectivity index (χ4v) is 2.09. The van der Waals surface area contributed by atoms with Gasteiger partial charge in [0.05, 0.1) is 18.8 Å². The van der Waals surface area contributed by atoms with Gasteiger partial charge in [-0.1, -0.05) is 30.3 Å². The van der Waals surface area contributed by atoms with Gasteiger partial charge in [0.25, 0.3) is 0 Å². The molecule has 0 aliphatic carbocycles. The van der Waals surface area contributed by atoms with E-state index in [1.54, 1.807) is 7.11 Å². The molecule has 0 bridgehead atoms. The van der Waals surface area contributed by atoms with Crippen molar-refractivity contribution >= 4 is 11.8 Å². The molecule has 0 saturated carbocycles. The first-order chi connectivity index (χ1) is 9.33. The summed E-state index contributed by atoms with van der Waals surface area (Å²) in [6.45, 7) is 0. The molecular weight excluding hydrogens is 240 g/mol. The van der Waals surface area contributed by atoms with Gasteiger partial charge in [-0.2, -0.15) is 0 Å². The van der Waals surface area contributed by atoms with Crippen molar-refractivity contribution in [3.8, 4) is 17.1 Å². The van der Waals surface area contributed by atoms with Crippen LogP contribution in [-0.2, 0) is 0 Å². The molecule has 19 heavy (non-hydrogen) atoms. The van der Waals surface area contributed by atoms with Gasteiger partial charge in [-0.05, 0) is 12.1 Å². The van der Waals surface area contributed by atoms with E-state index >= 15 is 0 Å². The molecule has 0 aliphatic rings. The van der Waals surface area contributed by atoms with Crippen molar-refractivity contribution in [2.45, 2.75) is 0 Å². The van der Waals surface area contributed by atoms with Crippen LogP contribution < -0.4 is 4.74 Å². The predicted octanol–water partition coefficient (Wildman–Crippen LogP) is 2.82. The number of benzene rings is 1. The number of hydrogen-bond donors (Lipinski definition) is 0. The second kappa shape index (κ2) is 4.57. The average molecular weight is 252 g/mol. The Hall–Kier alpha value is -2.62. The number of aldehydes is 1. The summed E-state index contributed by atoms with van der Waals surface area (Å²) >= 11 is 0. The number of rotatable bonds is 3. The van der Waals surface area contributed by atoms with Crippen molar-refractivity contribution in [3.05, 3.63) is 54.4 Å². The molecule has 0 fully saturated rings. The molecule has 0 aliphatic heterocycles. The van der Waals surface area contributed by atoms with Crippen LogP contribution in [0.3, 0.4) is 0 Å². The third-order valence-corrected chi connectivity index (χ3v) is 3.02. The maximum absolute atomic E-state index is 11.1. The number of carbonyl (C=O) groups excluding carboxylic acids is 1. The van der Waals surface area contributed by atoms with Crippen LogP contribution in [0, 0.1) is 0 Å². The zero-order valence-corrected chi connectivity index (χ0v) is 10.4. The Morgan fingerprint density at radius 2 is 1.95 bits per heavy atom. The van der Waals surface area contributed by atoms with E-state index in [2.05, 4.69) is 4.98 Å². The summed E-state index contributed by atoms with van der Waals surface area (Å²) in [6, 6.07) is 13.4. The molecule has 0 saturated heterocycles. The quantitative estimate of drug-likeness (QED) is 0.673. The van der Waals surface area contributed by atoms with E-state index in [4.69, 9.17) is 4.74 Å². The first kappa shape index (κ1) is 11.5. The summed E-state index contributed by atoms with van der Waals surface area (Å²) in [5.41, 5.74) is 2.16. The lowest BCUT2D eigenvalue weighted by atomic mass is 10.2. The Labute approximate surface area is 110 Å². The van der Waals surface area contributed by atoms with Gasteiger partial charge in [-0.25, -0.2) is 4.98 Å². The fraction of sp³-hybridized carbons (Fsp3) is 0.0667. The summed E-state index contributed by atoms with van der Waals surface area (Å²) < 4.78 is 7.09. The van der Waals surface area contributed by atoms with Gasteiger partial charge in [-0.15, -0.1) is 0 Å². The second-order valence-corrected chi connectivity index (χ2v) is 4.13. The van der Waals surface area contributed by atoms with Crippen molar-refractivity contribution in [2.75, 3.05) is 7.11 Å². The van der Waals surface area contributed by atoms with E-state index in [-0.39, 0.29) is 0 Å². The minimum atomic E-state index is 0.432. The van der Waals surface area contributed by atoms with Gasteiger partial charge in [0.2, 0.25) is 0 Å². The third-order valence-electron chi connectivity index (χ3n) is 3.02. The van der Waals surface area contributed by atoms with Crippen LogP contribution in [0.5, 0.6) is 5.75 Å². The summed E-state index contributed by atoms with van der Waals surface area (Å²) in [7, 11) is 1.61. The SMILES string of the molecule is COc1ccc2c(C=O)nc(-c3ccccc3)n2c1. The molecule has 2 aromatic heterocycles. The van der Waals surface area contributed by atoms with Gasteiger partial charge in [0.15, 0.2) is 6.29 Å². The molecule has 0 radical (unpaired) electrons. The number of fused-ring (bicyclic) bond motifs is 1. The summed E-state index contributed by atoms with van der Waals surface area (Å²) in [5, 5.41) is 0. The van der Waals surface area contributed by atoms with Gasteiger partial charge >= 0.3 is 0 Å². The van der Waals surface area contributed by atoms with Crippen LogP contribution in [0.4, 0.5) is 0 Å². The van der Waals surface area contributed by atoms with E-state index in [0.717, 1.165) is 28.9 Å². The van der Waals surface area contributed by atoms with Gasteiger partial charge in [0.1, 0.15) is 17.3 Å². The maximum atomic E-state index is 11.1. The summed E-state index contributed by atoms with van der Waals surface area (Å²) in [6.07, 6.45) is 2.60. The van der Waals surface area contributed by atoms with Crippen LogP contribution in [0.2, 0.25) is 0 Å². The molecule has 0 atom stereocenters. The highest BCUT2D eigenvalue weighted by molar-refractivity contribution is 5.86. The Morgan fingerprint density at radius 1 is 1.16 bits per heavy atom. The standard InChI is InChI=1S/C15H12N2O2/c1-19-12-7-8-14-13(10-18)16-15(17(14)9-12)11-5-3-2-4-6-11/h2-10H,1H3. The van der Waals surface area contributed by atoms with Gasteiger partial charge < -0.3 is 4.74 Å². The van der Waals surface area contributed by atoms with Crippen molar-refractivity contribution in [1.82, 2.24) is 9.38 Å². The molecule has 4 nitrogen and oxygen atoms in total. The van der Waals surface area contributed by atoms with E-state index in [9.17, 15) is 4.79 Å². The van der Waals surface area contributed by atoms with E-state index in [1.165, 1.54) is 0 Å². The van der Waals surface area contributed by atoms with Gasteiger partial charge in [-0.3, -0.25) is 9.20 Å². The largest absolute Gasteiger partial charge is 0.495 e. The van der Waals surface area contributed by atoms with Crippen LogP contribution in [0.1, 0.15) is 10.5 Å². The Kier molecular flexibility index (Phi) is 2.76. The number of nitrogens with zero attached hydrogens (tertiary/aromatic N) is 2. The van der Waals surface area contributed by atoms with Crippen molar-refractivity contribution in [3.63, 3.8) is 0 Å². The molecule has 2 heterocycles. The fourth-order valence-electron chi connectivity index (χ4n) is 2.09. The zero-order chi connectivity index (χ0) is 13.2. The highest BCUT2D eigenvalue weighted by Crippen LogP contribution is 2.24. The average Bonchev–Trinajstić information content (AvgIpc) is 2.86. The monoisotopic (exact) mass is 252 g/mol. The molecule has 94 valence electrons. The lowest BCUT2D eigenvalue weighted by Crippen LogP contribution is -1.91. The highest BCUT2D eigenvalue weighted by atomic mass is 16.5. The van der Waals surface area contributed by atoms with E-state index in [0.29, 0.717) is 5.69 Å². The second-order valence-electron chi connectivity index (χ2n) is 4.13. The number of ether oxygens (including phenoxy) is 1.